The Bertz CT molecular complexity index is 232. The Morgan fingerprint density at radius 1 is 1.27 bits per heavy atom. The number of rotatable bonds is 0. The van der Waals surface area contributed by atoms with Gasteiger partial charge in [0.25, 0.3) is 0 Å². The van der Waals surface area contributed by atoms with Crippen LogP contribution in [0.15, 0.2) is 41.6 Å². The molecule has 0 saturated heterocycles. The van der Waals surface area contributed by atoms with E-state index >= 15 is 0 Å². The van der Waals surface area contributed by atoms with Gasteiger partial charge < -0.3 is 5.84 Å². The van der Waals surface area contributed by atoms with Gasteiger partial charge in [-0.25, -0.2) is 4.98 Å². The Morgan fingerprint density at radius 2 is 2.00 bits per heavy atom. The van der Waals surface area contributed by atoms with Gasteiger partial charge in [-0.2, -0.15) is 11.3 Å². The summed E-state index contributed by atoms with van der Waals surface area (Å²) in [5.41, 5.74) is 0. The molecule has 3 nitrogen and oxygen atoms in total. The zero-order valence-corrected chi connectivity index (χ0v) is 6.74. The average Bonchev–Trinajstić information content (AvgIpc) is 2.57. The summed E-state index contributed by atoms with van der Waals surface area (Å²) in [6, 6.07) is 4.04. The third kappa shape index (κ3) is 3.42. The SMILES string of the molecule is Nn1ccnc1.c1ccsc1. The summed E-state index contributed by atoms with van der Waals surface area (Å²) in [4.78, 5) is 3.66. The fraction of sp³-hybridized carbons (Fsp3) is 0. The summed E-state index contributed by atoms with van der Waals surface area (Å²) in [6.45, 7) is 0. The number of nitrogens with two attached hydrogens (primary N) is 1. The molecule has 2 rings (SSSR count). The molecule has 0 unspecified atom stereocenters. The molecular formula is C7H9N3S. The molecule has 0 saturated carbocycles. The van der Waals surface area contributed by atoms with Crippen molar-refractivity contribution >= 4 is 11.3 Å². The third-order valence-corrected chi connectivity index (χ3v) is 1.58. The Morgan fingerprint density at radius 3 is 2.18 bits per heavy atom. The molecule has 0 bridgehead atoms. The number of thiophene rings is 1. The van der Waals surface area contributed by atoms with Crippen molar-refractivity contribution in [3.05, 3.63) is 41.6 Å². The quantitative estimate of drug-likeness (QED) is 0.602. The summed E-state index contributed by atoms with van der Waals surface area (Å²) < 4.78 is 1.39. The number of aromatic nitrogens is 2. The van der Waals surface area contributed by atoms with Gasteiger partial charge in [0.05, 0.1) is 0 Å². The molecule has 0 atom stereocenters. The molecule has 0 aliphatic rings. The summed E-state index contributed by atoms with van der Waals surface area (Å²) in [5, 5.41) is 4.08. The predicted octanol–water partition coefficient (Wildman–Crippen LogP) is 1.34. The molecule has 2 N–H and O–H groups in total. The van der Waals surface area contributed by atoms with Gasteiger partial charge in [-0.05, 0) is 10.8 Å². The second kappa shape index (κ2) is 4.51. The van der Waals surface area contributed by atoms with E-state index in [4.69, 9.17) is 5.84 Å². The minimum Gasteiger partial charge on any atom is -0.338 e. The van der Waals surface area contributed by atoms with E-state index in [1.807, 2.05) is 22.9 Å². The first-order valence-electron chi connectivity index (χ1n) is 3.10. The van der Waals surface area contributed by atoms with E-state index in [0.29, 0.717) is 0 Å². The predicted molar refractivity (Wildman–Crippen MR) is 46.7 cm³/mol. The van der Waals surface area contributed by atoms with E-state index in [1.165, 1.54) is 11.0 Å². The highest BCUT2D eigenvalue weighted by molar-refractivity contribution is 7.07. The Kier molecular flexibility index (Phi) is 3.21. The van der Waals surface area contributed by atoms with Crippen LogP contribution in [-0.2, 0) is 0 Å². The van der Waals surface area contributed by atoms with Crippen molar-refractivity contribution in [3.63, 3.8) is 0 Å². The van der Waals surface area contributed by atoms with Crippen LogP contribution in [0, 0.1) is 0 Å². The van der Waals surface area contributed by atoms with Crippen LogP contribution in [0.25, 0.3) is 0 Å². The van der Waals surface area contributed by atoms with Gasteiger partial charge in [0.2, 0.25) is 0 Å². The smallest absolute Gasteiger partial charge is 0.114 e. The summed E-state index contributed by atoms with van der Waals surface area (Å²) >= 11 is 1.71. The van der Waals surface area contributed by atoms with Crippen molar-refractivity contribution in [2.24, 2.45) is 0 Å². The lowest BCUT2D eigenvalue weighted by atomic mass is 10.7. The van der Waals surface area contributed by atoms with Crippen LogP contribution in [-0.4, -0.2) is 9.66 Å². The zero-order chi connectivity index (χ0) is 7.94. The monoisotopic (exact) mass is 167 g/mol. The van der Waals surface area contributed by atoms with Gasteiger partial charge in [0.1, 0.15) is 6.33 Å². The maximum atomic E-state index is 5.13. The largest absolute Gasteiger partial charge is 0.338 e. The molecule has 2 heterocycles. The van der Waals surface area contributed by atoms with Crippen molar-refractivity contribution in [3.8, 4) is 0 Å². The van der Waals surface area contributed by atoms with E-state index in [9.17, 15) is 0 Å². The van der Waals surface area contributed by atoms with Crippen LogP contribution in [0.2, 0.25) is 0 Å². The van der Waals surface area contributed by atoms with Gasteiger partial charge in [-0.3, -0.25) is 4.68 Å². The van der Waals surface area contributed by atoms with Crippen LogP contribution in [0.5, 0.6) is 0 Å². The second-order valence-electron chi connectivity index (χ2n) is 1.80. The minimum atomic E-state index is 1.39. The molecule has 2 aromatic heterocycles. The lowest BCUT2D eigenvalue weighted by molar-refractivity contribution is 1.00. The molecule has 4 heteroatoms. The van der Waals surface area contributed by atoms with Crippen molar-refractivity contribution < 1.29 is 0 Å². The number of hydrogen-bond donors (Lipinski definition) is 1. The number of nitrogen functional groups attached to an aromatic ring is 1. The van der Waals surface area contributed by atoms with E-state index < -0.39 is 0 Å². The normalized spacial score (nSPS) is 8.36. The van der Waals surface area contributed by atoms with Gasteiger partial charge in [-0.1, -0.05) is 12.1 Å². The zero-order valence-electron chi connectivity index (χ0n) is 5.92. The molecule has 0 aliphatic carbocycles. The Balaban J connectivity index is 0.000000112. The fourth-order valence-corrected chi connectivity index (χ4v) is 0.950. The third-order valence-electron chi connectivity index (χ3n) is 0.950. The van der Waals surface area contributed by atoms with E-state index in [1.54, 1.807) is 23.7 Å². The van der Waals surface area contributed by atoms with Gasteiger partial charge in [0, 0.05) is 12.4 Å². The molecule has 58 valence electrons. The lowest BCUT2D eigenvalue weighted by Crippen LogP contribution is -2.02. The molecular weight excluding hydrogens is 158 g/mol. The van der Waals surface area contributed by atoms with Crippen molar-refractivity contribution in [2.45, 2.75) is 0 Å². The van der Waals surface area contributed by atoms with Crippen LogP contribution >= 0.6 is 11.3 Å². The van der Waals surface area contributed by atoms with Gasteiger partial charge >= 0.3 is 0 Å². The summed E-state index contributed by atoms with van der Waals surface area (Å²) in [7, 11) is 0. The molecule has 0 amide bonds. The fourth-order valence-electron chi connectivity index (χ4n) is 0.496. The highest BCUT2D eigenvalue weighted by atomic mass is 32.1. The number of hydrogen-bond acceptors (Lipinski definition) is 3. The van der Waals surface area contributed by atoms with Gasteiger partial charge in [0.15, 0.2) is 0 Å². The standard InChI is InChI=1S/C4H4S.C3H5N3/c1-2-4-5-3-1;4-6-2-1-5-3-6/h1-4H;1-3H,4H2. The minimum absolute atomic E-state index is 1.39. The average molecular weight is 167 g/mol. The van der Waals surface area contributed by atoms with E-state index in [2.05, 4.69) is 4.98 Å². The first-order chi connectivity index (χ1) is 5.39. The lowest BCUT2D eigenvalue weighted by Gasteiger charge is -1.78. The first kappa shape index (κ1) is 7.81. The molecule has 0 spiro atoms. The Hall–Kier alpha value is -1.29. The van der Waals surface area contributed by atoms with E-state index in [-0.39, 0.29) is 0 Å². The topological polar surface area (TPSA) is 43.8 Å². The van der Waals surface area contributed by atoms with Crippen molar-refractivity contribution in [1.29, 1.82) is 0 Å². The van der Waals surface area contributed by atoms with Crippen LogP contribution in [0.4, 0.5) is 0 Å². The highest BCUT2D eigenvalue weighted by Gasteiger charge is 1.69. The maximum absolute atomic E-state index is 5.13. The molecule has 0 radical (unpaired) electrons. The molecule has 0 aromatic carbocycles. The molecule has 0 fully saturated rings. The van der Waals surface area contributed by atoms with Crippen molar-refractivity contribution in [1.82, 2.24) is 9.66 Å². The maximum Gasteiger partial charge on any atom is 0.114 e. The first-order valence-corrected chi connectivity index (χ1v) is 4.04. The molecule has 11 heavy (non-hydrogen) atoms. The van der Waals surface area contributed by atoms with E-state index in [0.717, 1.165) is 0 Å². The number of imidazole rings is 1. The molecule has 0 aliphatic heterocycles. The van der Waals surface area contributed by atoms with Crippen LogP contribution in [0.3, 0.4) is 0 Å². The summed E-state index contributed by atoms with van der Waals surface area (Å²) in [5.74, 6) is 5.13. The van der Waals surface area contributed by atoms with Crippen LogP contribution < -0.4 is 5.84 Å². The second-order valence-corrected chi connectivity index (χ2v) is 2.62. The van der Waals surface area contributed by atoms with Crippen molar-refractivity contribution in [2.75, 3.05) is 5.84 Å². The van der Waals surface area contributed by atoms with Crippen LogP contribution in [0.1, 0.15) is 0 Å². The Labute approximate surface area is 69.1 Å². The summed E-state index contributed by atoms with van der Waals surface area (Å²) in [6.07, 6.45) is 4.82. The number of nitrogens with zero attached hydrogens (tertiary/aromatic N) is 2. The highest BCUT2D eigenvalue weighted by Crippen LogP contribution is 1.91. The van der Waals surface area contributed by atoms with Gasteiger partial charge in [-0.15, -0.1) is 0 Å². The molecule has 2 aromatic rings.